The van der Waals surface area contributed by atoms with Crippen LogP contribution in [-0.2, 0) is 0 Å². The van der Waals surface area contributed by atoms with Crippen LogP contribution in [-0.4, -0.2) is 7.05 Å². The van der Waals surface area contributed by atoms with E-state index in [1.165, 1.54) is 0 Å². The van der Waals surface area contributed by atoms with Crippen molar-refractivity contribution < 1.29 is 0 Å². The molecular weight excluding hydrogens is 182 g/mol. The molecule has 1 nitrogen and oxygen atoms in total. The lowest BCUT2D eigenvalue weighted by Gasteiger charge is -1.82. The highest BCUT2D eigenvalue weighted by atomic mass is 14.8. The predicted molar refractivity (Wildman–Crippen MR) is 69.6 cm³/mol. The third-order valence-corrected chi connectivity index (χ3v) is 1.61. The molecule has 80 valence electrons. The molecule has 15 heavy (non-hydrogen) atoms. The zero-order valence-corrected chi connectivity index (χ0v) is 9.48. The van der Waals surface area contributed by atoms with Crippen molar-refractivity contribution in [1.82, 2.24) is 5.32 Å². The zero-order chi connectivity index (χ0) is 11.4. The molecule has 0 aromatic carbocycles. The molecule has 0 spiro atoms. The summed E-state index contributed by atoms with van der Waals surface area (Å²) in [5.41, 5.74) is 1.16. The minimum atomic E-state index is 1.16. The molecule has 0 heterocycles. The van der Waals surface area contributed by atoms with Crippen molar-refractivity contribution in [2.45, 2.75) is 6.92 Å². The highest BCUT2D eigenvalue weighted by Crippen LogP contribution is 1.92. The Balaban J connectivity index is 3.85. The average molecular weight is 201 g/mol. The van der Waals surface area contributed by atoms with Gasteiger partial charge in [-0.05, 0) is 19.2 Å². The van der Waals surface area contributed by atoms with Gasteiger partial charge < -0.3 is 5.32 Å². The number of nitrogens with one attached hydrogen (secondary N) is 1. The van der Waals surface area contributed by atoms with Gasteiger partial charge in [-0.25, -0.2) is 0 Å². The summed E-state index contributed by atoms with van der Waals surface area (Å²) in [6.45, 7) is 5.69. The second kappa shape index (κ2) is 10.3. The molecule has 0 unspecified atom stereocenters. The Hall–Kier alpha value is -1.76. The van der Waals surface area contributed by atoms with Gasteiger partial charge in [-0.3, -0.25) is 0 Å². The van der Waals surface area contributed by atoms with Gasteiger partial charge in [0.1, 0.15) is 0 Å². The molecule has 0 rings (SSSR count). The van der Waals surface area contributed by atoms with Crippen LogP contribution in [0, 0.1) is 0 Å². The van der Waals surface area contributed by atoms with Gasteiger partial charge in [0.2, 0.25) is 0 Å². The molecule has 0 amide bonds. The lowest BCUT2D eigenvalue weighted by Crippen LogP contribution is -1.89. The summed E-state index contributed by atoms with van der Waals surface area (Å²) in [5, 5.41) is 2.91. The number of hydrogen-bond donors (Lipinski definition) is 1. The summed E-state index contributed by atoms with van der Waals surface area (Å²) < 4.78 is 0. The summed E-state index contributed by atoms with van der Waals surface area (Å²) in [6, 6.07) is 0. The zero-order valence-electron chi connectivity index (χ0n) is 9.48. The van der Waals surface area contributed by atoms with Crippen LogP contribution < -0.4 is 5.32 Å². The van der Waals surface area contributed by atoms with E-state index < -0.39 is 0 Å². The molecule has 0 aliphatic carbocycles. The maximum atomic E-state index is 3.67. The first-order valence-electron chi connectivity index (χ1n) is 4.94. The maximum Gasteiger partial charge on any atom is 0.00277 e. The molecule has 0 aliphatic rings. The van der Waals surface area contributed by atoms with E-state index >= 15 is 0 Å². The second-order valence-corrected chi connectivity index (χ2v) is 2.92. The quantitative estimate of drug-likeness (QED) is 0.648. The Morgan fingerprint density at radius 1 is 0.933 bits per heavy atom. The summed E-state index contributed by atoms with van der Waals surface area (Å²) in [7, 11) is 1.87. The van der Waals surface area contributed by atoms with Crippen molar-refractivity contribution in [3.05, 3.63) is 73.0 Å². The summed E-state index contributed by atoms with van der Waals surface area (Å²) in [4.78, 5) is 0. The van der Waals surface area contributed by atoms with E-state index in [0.717, 1.165) is 5.57 Å². The first-order valence-corrected chi connectivity index (χ1v) is 4.94. The van der Waals surface area contributed by atoms with Gasteiger partial charge in [0.05, 0.1) is 0 Å². The fraction of sp³-hybridized carbons (Fsp3) is 0.143. The summed E-state index contributed by atoms with van der Waals surface area (Å²) >= 11 is 0. The Morgan fingerprint density at radius 2 is 1.47 bits per heavy atom. The maximum absolute atomic E-state index is 3.67. The fourth-order valence-electron chi connectivity index (χ4n) is 0.748. The molecule has 0 saturated heterocycles. The van der Waals surface area contributed by atoms with Crippen molar-refractivity contribution in [3.8, 4) is 0 Å². The van der Waals surface area contributed by atoms with E-state index in [1.54, 1.807) is 0 Å². The Kier molecular flexibility index (Phi) is 9.11. The van der Waals surface area contributed by atoms with Crippen molar-refractivity contribution in [2.75, 3.05) is 7.05 Å². The highest BCUT2D eigenvalue weighted by Gasteiger charge is 1.71. The van der Waals surface area contributed by atoms with Gasteiger partial charge in [-0.15, -0.1) is 0 Å². The smallest absolute Gasteiger partial charge is 0.00277 e. The van der Waals surface area contributed by atoms with Crippen LogP contribution in [0.4, 0.5) is 0 Å². The standard InChI is InChI=1S/C14H19N/c1-4-14(2)12-10-8-6-5-7-9-11-13-15-3/h4-13,15H,1H2,2-3H3/b6-5+,9-7+,10-8+,13-11+,14-12+. The third kappa shape index (κ3) is 10.2. The van der Waals surface area contributed by atoms with Gasteiger partial charge in [0, 0.05) is 7.05 Å². The van der Waals surface area contributed by atoms with Crippen LogP contribution >= 0.6 is 0 Å². The Morgan fingerprint density at radius 3 is 2.00 bits per heavy atom. The van der Waals surface area contributed by atoms with Gasteiger partial charge >= 0.3 is 0 Å². The lowest BCUT2D eigenvalue weighted by atomic mass is 10.2. The average Bonchev–Trinajstić information content (AvgIpc) is 2.26. The highest BCUT2D eigenvalue weighted by molar-refractivity contribution is 5.23. The fourth-order valence-corrected chi connectivity index (χ4v) is 0.748. The molecule has 0 atom stereocenters. The predicted octanol–water partition coefficient (Wildman–Crippen LogP) is 3.52. The second-order valence-electron chi connectivity index (χ2n) is 2.92. The van der Waals surface area contributed by atoms with Crippen molar-refractivity contribution in [3.63, 3.8) is 0 Å². The van der Waals surface area contributed by atoms with E-state index in [9.17, 15) is 0 Å². The monoisotopic (exact) mass is 201 g/mol. The van der Waals surface area contributed by atoms with E-state index in [-0.39, 0.29) is 0 Å². The molecule has 0 radical (unpaired) electrons. The van der Waals surface area contributed by atoms with Gasteiger partial charge in [0.25, 0.3) is 0 Å². The van der Waals surface area contributed by atoms with E-state index in [0.29, 0.717) is 0 Å². The summed E-state index contributed by atoms with van der Waals surface area (Å²) in [5.74, 6) is 0. The molecule has 1 N–H and O–H groups in total. The number of hydrogen-bond acceptors (Lipinski definition) is 1. The van der Waals surface area contributed by atoms with E-state index in [2.05, 4.69) is 11.9 Å². The van der Waals surface area contributed by atoms with Gasteiger partial charge in [0.15, 0.2) is 0 Å². The van der Waals surface area contributed by atoms with Crippen LogP contribution in [0.25, 0.3) is 0 Å². The van der Waals surface area contributed by atoms with Crippen LogP contribution in [0.3, 0.4) is 0 Å². The third-order valence-electron chi connectivity index (χ3n) is 1.61. The van der Waals surface area contributed by atoms with Crippen molar-refractivity contribution in [2.24, 2.45) is 0 Å². The van der Waals surface area contributed by atoms with Crippen LogP contribution in [0.1, 0.15) is 6.92 Å². The normalized spacial score (nSPS) is 13.6. The van der Waals surface area contributed by atoms with Crippen molar-refractivity contribution in [1.29, 1.82) is 0 Å². The molecule has 0 fully saturated rings. The topological polar surface area (TPSA) is 12.0 Å². The minimum Gasteiger partial charge on any atom is -0.394 e. The van der Waals surface area contributed by atoms with Crippen LogP contribution in [0.15, 0.2) is 73.0 Å². The molecule has 0 aliphatic heterocycles. The lowest BCUT2D eigenvalue weighted by molar-refractivity contribution is 1.10. The van der Waals surface area contributed by atoms with Crippen LogP contribution in [0.5, 0.6) is 0 Å². The van der Waals surface area contributed by atoms with E-state index in [4.69, 9.17) is 0 Å². The van der Waals surface area contributed by atoms with Crippen LogP contribution in [0.2, 0.25) is 0 Å². The Labute approximate surface area is 92.9 Å². The summed E-state index contributed by atoms with van der Waals surface area (Å²) in [6.07, 6.45) is 19.5. The SMILES string of the molecule is C=C/C(C)=C/C=C/C=C/C=C/C=C/NC. The molecule has 0 bridgehead atoms. The molecule has 0 saturated carbocycles. The number of allylic oxidation sites excluding steroid dienone is 10. The van der Waals surface area contributed by atoms with Gasteiger partial charge in [-0.1, -0.05) is 60.8 Å². The molecule has 1 heteroatoms. The number of rotatable bonds is 6. The largest absolute Gasteiger partial charge is 0.394 e. The van der Waals surface area contributed by atoms with Gasteiger partial charge in [-0.2, -0.15) is 0 Å². The molecule has 0 aromatic rings. The van der Waals surface area contributed by atoms with E-state index in [1.807, 2.05) is 74.9 Å². The first-order chi connectivity index (χ1) is 7.31. The minimum absolute atomic E-state index is 1.16. The molecule has 0 aromatic heterocycles. The first kappa shape index (κ1) is 13.2. The van der Waals surface area contributed by atoms with Crippen molar-refractivity contribution >= 4 is 0 Å². The Bertz CT molecular complexity index is 301. The molecular formula is C14H19N.